The summed E-state index contributed by atoms with van der Waals surface area (Å²) in [4.78, 5) is 0. The lowest BCUT2D eigenvalue weighted by Crippen LogP contribution is -2.20. The molecule has 2 atom stereocenters. The molecule has 0 aromatic heterocycles. The third-order valence-electron chi connectivity index (χ3n) is 2.56. The fourth-order valence-electron chi connectivity index (χ4n) is 1.31. The molecule has 0 spiro atoms. The second-order valence-electron chi connectivity index (χ2n) is 3.37. The van der Waals surface area contributed by atoms with Crippen LogP contribution in [0.4, 0.5) is 0 Å². The lowest BCUT2D eigenvalue weighted by Gasteiger charge is -2.31. The predicted molar refractivity (Wildman–Crippen MR) is 50.5 cm³/mol. The summed E-state index contributed by atoms with van der Waals surface area (Å²) in [6, 6.07) is 0. The summed E-state index contributed by atoms with van der Waals surface area (Å²) in [6.07, 6.45) is 8.92. The molecule has 0 aromatic rings. The van der Waals surface area contributed by atoms with E-state index in [1.165, 1.54) is 12.8 Å². The molecule has 0 aliphatic heterocycles. The molecular weight excluding hydrogens is 131 g/mol. The maximum atomic E-state index is 5.62. The third-order valence-corrected chi connectivity index (χ3v) is 2.56. The molecule has 1 aliphatic carbocycles. The highest BCUT2D eigenvalue weighted by atomic mass is 14.3. The van der Waals surface area contributed by atoms with Crippen molar-refractivity contribution in [1.29, 1.82) is 0 Å². The summed E-state index contributed by atoms with van der Waals surface area (Å²) < 4.78 is 0. The lowest BCUT2D eigenvalue weighted by atomic mass is 9.74. The predicted octanol–water partition coefficient (Wildman–Crippen LogP) is 2.66. The van der Waals surface area contributed by atoms with Crippen LogP contribution in [0.15, 0.2) is 23.7 Å². The number of hydrogen-bond acceptors (Lipinski definition) is 0. The fourth-order valence-corrected chi connectivity index (χ4v) is 1.31. The molecule has 2 radical (unpaired) electrons. The molecule has 0 N–H and O–H groups in total. The molecule has 1 rings (SSSR count). The van der Waals surface area contributed by atoms with Gasteiger partial charge in [-0.1, -0.05) is 25.2 Å². The van der Waals surface area contributed by atoms with Gasteiger partial charge in [0.15, 0.2) is 0 Å². The van der Waals surface area contributed by atoms with Gasteiger partial charge in [-0.3, -0.25) is 0 Å². The summed E-state index contributed by atoms with van der Waals surface area (Å²) in [5.41, 5.74) is 0.879. The Morgan fingerprint density at radius 1 is 1.45 bits per heavy atom. The molecule has 0 heterocycles. The van der Waals surface area contributed by atoms with Crippen LogP contribution in [0.2, 0.25) is 0 Å². The van der Waals surface area contributed by atoms with E-state index >= 15 is 0 Å². The maximum Gasteiger partial charge on any atom is 0.113 e. The van der Waals surface area contributed by atoms with Crippen molar-refractivity contribution in [2.45, 2.75) is 26.7 Å². The minimum Gasteiger partial charge on any atom is -0.101 e. The van der Waals surface area contributed by atoms with Crippen LogP contribution in [0.5, 0.6) is 0 Å². The van der Waals surface area contributed by atoms with E-state index in [0.717, 1.165) is 17.3 Å². The molecule has 0 bridgehead atoms. The van der Waals surface area contributed by atoms with Gasteiger partial charge in [0.25, 0.3) is 0 Å². The second-order valence-corrected chi connectivity index (χ2v) is 3.37. The van der Waals surface area contributed by atoms with Crippen LogP contribution >= 0.6 is 0 Å². The normalized spacial score (nSPS) is 32.4. The van der Waals surface area contributed by atoms with Crippen LogP contribution in [0, 0.1) is 11.8 Å². The average Bonchev–Trinajstić information content (AvgIpc) is 2.01. The number of hydrogen-bond donors (Lipinski definition) is 0. The van der Waals surface area contributed by atoms with Gasteiger partial charge in [0.2, 0.25) is 0 Å². The Morgan fingerprint density at radius 3 is 2.55 bits per heavy atom. The van der Waals surface area contributed by atoms with Crippen molar-refractivity contribution < 1.29 is 0 Å². The van der Waals surface area contributed by atoms with Crippen LogP contribution < -0.4 is 0 Å². The zero-order valence-corrected chi connectivity index (χ0v) is 7.38. The van der Waals surface area contributed by atoms with Crippen LogP contribution in [0.3, 0.4) is 0 Å². The van der Waals surface area contributed by atoms with E-state index in [1.54, 1.807) is 0 Å². The van der Waals surface area contributed by atoms with E-state index < -0.39 is 0 Å². The molecule has 1 heteroatoms. The van der Waals surface area contributed by atoms with Crippen molar-refractivity contribution >= 4 is 7.85 Å². The Balaban J connectivity index is 2.35. The Hall–Kier alpha value is -0.455. The van der Waals surface area contributed by atoms with Gasteiger partial charge in [-0.2, -0.15) is 0 Å². The largest absolute Gasteiger partial charge is 0.113 e. The van der Waals surface area contributed by atoms with Crippen molar-refractivity contribution in [1.82, 2.24) is 0 Å². The molecular formula is C10H15B. The highest BCUT2D eigenvalue weighted by molar-refractivity contribution is 6.23. The van der Waals surface area contributed by atoms with Crippen LogP contribution in [-0.4, -0.2) is 7.85 Å². The van der Waals surface area contributed by atoms with Gasteiger partial charge in [0.1, 0.15) is 7.85 Å². The first-order valence-electron chi connectivity index (χ1n) is 4.34. The molecule has 1 saturated carbocycles. The van der Waals surface area contributed by atoms with Gasteiger partial charge >= 0.3 is 0 Å². The molecule has 0 amide bonds. The molecule has 58 valence electrons. The van der Waals surface area contributed by atoms with Crippen LogP contribution in [0.1, 0.15) is 26.7 Å². The van der Waals surface area contributed by atoms with Crippen molar-refractivity contribution in [2.75, 3.05) is 0 Å². The highest BCUT2D eigenvalue weighted by Crippen LogP contribution is 2.34. The summed E-state index contributed by atoms with van der Waals surface area (Å²) in [6.45, 7) is 4.26. The quantitative estimate of drug-likeness (QED) is 0.415. The summed E-state index contributed by atoms with van der Waals surface area (Å²) >= 11 is 0. The molecule has 0 aromatic carbocycles. The van der Waals surface area contributed by atoms with Gasteiger partial charge in [-0.15, -0.1) is 5.47 Å². The van der Waals surface area contributed by atoms with E-state index in [2.05, 4.69) is 13.0 Å². The minimum absolute atomic E-state index is 0.786. The topological polar surface area (TPSA) is 0 Å². The van der Waals surface area contributed by atoms with Crippen LogP contribution in [0.25, 0.3) is 0 Å². The molecule has 0 saturated heterocycles. The first-order chi connectivity index (χ1) is 5.24. The Morgan fingerprint density at radius 2 is 2.18 bits per heavy atom. The minimum atomic E-state index is 0.786. The summed E-state index contributed by atoms with van der Waals surface area (Å²) in [7, 11) is 5.62. The Labute approximate surface area is 70.8 Å². The molecule has 1 aliphatic rings. The van der Waals surface area contributed by atoms with Crippen molar-refractivity contribution in [3.05, 3.63) is 23.7 Å². The van der Waals surface area contributed by atoms with Crippen molar-refractivity contribution in [3.63, 3.8) is 0 Å². The highest BCUT2D eigenvalue weighted by Gasteiger charge is 2.23. The zero-order valence-electron chi connectivity index (χ0n) is 7.38. The molecule has 1 fully saturated rings. The molecule has 11 heavy (non-hydrogen) atoms. The van der Waals surface area contributed by atoms with Gasteiger partial charge in [0, 0.05) is 0 Å². The van der Waals surface area contributed by atoms with Gasteiger partial charge in [-0.25, -0.2) is 0 Å². The van der Waals surface area contributed by atoms with E-state index in [4.69, 9.17) is 7.85 Å². The second kappa shape index (κ2) is 3.80. The maximum absolute atomic E-state index is 5.62. The number of allylic oxidation sites excluding steroid dienone is 4. The van der Waals surface area contributed by atoms with E-state index in [1.807, 2.05) is 19.1 Å². The van der Waals surface area contributed by atoms with E-state index in [-0.39, 0.29) is 0 Å². The SMILES string of the molecule is [B]C(/C=C\C1CCC1C)=C/C. The first kappa shape index (κ1) is 8.64. The van der Waals surface area contributed by atoms with Gasteiger partial charge in [0.05, 0.1) is 0 Å². The standard InChI is InChI=1S/C10H15B/c1-3-10(11)7-6-9-5-4-8(9)2/h3,6-9H,4-5H2,1-2H3/b7-6-,10-3+. The molecule has 2 unspecified atom stereocenters. The number of rotatable bonds is 2. The van der Waals surface area contributed by atoms with Crippen molar-refractivity contribution in [3.8, 4) is 0 Å². The van der Waals surface area contributed by atoms with E-state index in [9.17, 15) is 0 Å². The first-order valence-corrected chi connectivity index (χ1v) is 4.34. The summed E-state index contributed by atoms with van der Waals surface area (Å²) in [5.74, 6) is 1.66. The van der Waals surface area contributed by atoms with Crippen molar-refractivity contribution in [2.24, 2.45) is 11.8 Å². The monoisotopic (exact) mass is 146 g/mol. The zero-order chi connectivity index (χ0) is 8.27. The lowest BCUT2D eigenvalue weighted by molar-refractivity contribution is 0.251. The van der Waals surface area contributed by atoms with E-state index in [0.29, 0.717) is 0 Å². The molecule has 0 nitrogen and oxygen atoms in total. The van der Waals surface area contributed by atoms with Gasteiger partial charge in [-0.05, 0) is 31.6 Å². The van der Waals surface area contributed by atoms with Gasteiger partial charge < -0.3 is 0 Å². The smallest absolute Gasteiger partial charge is 0.101 e. The third kappa shape index (κ3) is 2.25. The Kier molecular flexibility index (Phi) is 2.98. The van der Waals surface area contributed by atoms with Crippen LogP contribution in [-0.2, 0) is 0 Å². The Bertz CT molecular complexity index is 179. The summed E-state index contributed by atoms with van der Waals surface area (Å²) in [5, 5.41) is 0. The average molecular weight is 146 g/mol. The fraction of sp³-hybridized carbons (Fsp3) is 0.600.